The Morgan fingerprint density at radius 1 is 1.05 bits per heavy atom. The summed E-state index contributed by atoms with van der Waals surface area (Å²) < 4.78 is 25.0. The number of carbonyl (C=O) groups is 2. The number of nitrogens with one attached hydrogen (secondary N) is 1. The van der Waals surface area contributed by atoms with Gasteiger partial charge in [-0.05, 0) is 41.5 Å². The maximum atomic E-state index is 12.0. The summed E-state index contributed by atoms with van der Waals surface area (Å²) in [6.45, 7) is 8.96. The topological polar surface area (TPSA) is 131 Å². The van der Waals surface area contributed by atoms with Crippen LogP contribution in [0.25, 0.3) is 0 Å². The SMILES string of the molecule is CC(C)(C)OC(=O)NC(COP(=O)(O)O)C(=O)OC(C)(C)C. The number of phosphoric acid groups is 1. The molecule has 1 amide bonds. The van der Waals surface area contributed by atoms with E-state index in [0.29, 0.717) is 0 Å². The van der Waals surface area contributed by atoms with Crippen LogP contribution >= 0.6 is 7.82 Å². The summed E-state index contributed by atoms with van der Waals surface area (Å²) in [5.74, 6) is -0.896. The van der Waals surface area contributed by atoms with Crippen molar-refractivity contribution in [2.45, 2.75) is 58.8 Å². The predicted octanol–water partition coefficient (Wildman–Crippen LogP) is 1.33. The maximum Gasteiger partial charge on any atom is 0.469 e. The Kier molecular flexibility index (Phi) is 7.02. The van der Waals surface area contributed by atoms with E-state index in [4.69, 9.17) is 19.3 Å². The van der Waals surface area contributed by atoms with Crippen LogP contribution in [0.2, 0.25) is 0 Å². The van der Waals surface area contributed by atoms with Gasteiger partial charge in [-0.3, -0.25) is 4.52 Å². The molecule has 0 aliphatic rings. The first-order valence-corrected chi connectivity index (χ1v) is 8.04. The van der Waals surface area contributed by atoms with Gasteiger partial charge < -0.3 is 24.6 Å². The number of carbonyl (C=O) groups excluding carboxylic acids is 2. The minimum absolute atomic E-state index is 0.752. The first-order chi connectivity index (χ1) is 9.59. The van der Waals surface area contributed by atoms with Gasteiger partial charge in [0.1, 0.15) is 11.2 Å². The van der Waals surface area contributed by atoms with E-state index in [2.05, 4.69) is 9.84 Å². The van der Waals surface area contributed by atoms with Crippen LogP contribution in [0.5, 0.6) is 0 Å². The molecule has 1 unspecified atom stereocenters. The number of rotatable bonds is 5. The average molecular weight is 341 g/mol. The van der Waals surface area contributed by atoms with Gasteiger partial charge in [-0.25, -0.2) is 14.2 Å². The van der Waals surface area contributed by atoms with Gasteiger partial charge in [-0.2, -0.15) is 0 Å². The summed E-state index contributed by atoms with van der Waals surface area (Å²) in [6, 6.07) is -1.42. The van der Waals surface area contributed by atoms with E-state index < -0.39 is 43.7 Å². The molecule has 0 heterocycles. The second-order valence-corrected chi connectivity index (χ2v) is 7.76. The molecule has 1 atom stereocenters. The minimum Gasteiger partial charge on any atom is -0.458 e. The smallest absolute Gasteiger partial charge is 0.458 e. The fraction of sp³-hybridized carbons (Fsp3) is 0.833. The molecule has 0 aliphatic heterocycles. The van der Waals surface area contributed by atoms with Crippen molar-refractivity contribution in [3.8, 4) is 0 Å². The van der Waals surface area contributed by atoms with E-state index in [1.54, 1.807) is 41.5 Å². The Bertz CT molecular complexity index is 445. The van der Waals surface area contributed by atoms with Crippen molar-refractivity contribution in [2.24, 2.45) is 0 Å². The Morgan fingerprint density at radius 2 is 1.50 bits per heavy atom. The van der Waals surface area contributed by atoms with Crippen LogP contribution in [0, 0.1) is 0 Å². The highest BCUT2D eigenvalue weighted by molar-refractivity contribution is 7.46. The highest BCUT2D eigenvalue weighted by Crippen LogP contribution is 2.35. The van der Waals surface area contributed by atoms with Crippen molar-refractivity contribution in [1.82, 2.24) is 5.32 Å². The molecule has 0 rings (SSSR count). The van der Waals surface area contributed by atoms with Gasteiger partial charge in [0.05, 0.1) is 6.61 Å². The molecule has 0 fully saturated rings. The van der Waals surface area contributed by atoms with Crippen molar-refractivity contribution in [1.29, 1.82) is 0 Å². The molecule has 0 aromatic rings. The molecule has 22 heavy (non-hydrogen) atoms. The second-order valence-electron chi connectivity index (χ2n) is 6.52. The van der Waals surface area contributed by atoms with E-state index in [-0.39, 0.29) is 0 Å². The molecule has 0 aromatic heterocycles. The van der Waals surface area contributed by atoms with Gasteiger partial charge in [0.15, 0.2) is 6.04 Å². The Morgan fingerprint density at radius 3 is 1.86 bits per heavy atom. The lowest BCUT2D eigenvalue weighted by molar-refractivity contribution is -0.158. The lowest BCUT2D eigenvalue weighted by Gasteiger charge is -2.26. The molecule has 0 aromatic carbocycles. The summed E-state index contributed by atoms with van der Waals surface area (Å²) in [4.78, 5) is 41.0. The van der Waals surface area contributed by atoms with Gasteiger partial charge in [0.2, 0.25) is 0 Å². The van der Waals surface area contributed by atoms with E-state index in [1.807, 2.05) is 0 Å². The number of hydrogen-bond donors (Lipinski definition) is 3. The standard InChI is InChI=1S/C12H24NO8P/c1-11(2,3)20-9(14)8(7-19-22(16,17)18)13-10(15)21-12(4,5)6/h8H,7H2,1-6H3,(H,13,15)(H2,16,17,18). The number of phosphoric ester groups is 1. The normalized spacial score (nSPS) is 14.2. The van der Waals surface area contributed by atoms with E-state index in [1.165, 1.54) is 0 Å². The third-order valence-corrected chi connectivity index (χ3v) is 2.28. The number of esters is 1. The Balaban J connectivity index is 4.89. The summed E-state index contributed by atoms with van der Waals surface area (Å²) in [5, 5.41) is 2.16. The number of amides is 1. The summed E-state index contributed by atoms with van der Waals surface area (Å²) in [7, 11) is -4.79. The highest BCUT2D eigenvalue weighted by atomic mass is 31.2. The van der Waals surface area contributed by atoms with E-state index in [9.17, 15) is 14.2 Å². The van der Waals surface area contributed by atoms with Crippen molar-refractivity contribution in [3.05, 3.63) is 0 Å². The van der Waals surface area contributed by atoms with Gasteiger partial charge >= 0.3 is 19.9 Å². The molecule has 0 aliphatic carbocycles. The molecular formula is C12H24NO8P. The fourth-order valence-electron chi connectivity index (χ4n) is 1.16. The number of ether oxygens (including phenoxy) is 2. The lowest BCUT2D eigenvalue weighted by Crippen LogP contribution is -2.48. The fourth-order valence-corrected chi connectivity index (χ4v) is 1.51. The van der Waals surface area contributed by atoms with Crippen molar-refractivity contribution < 1.29 is 37.9 Å². The molecule has 0 bridgehead atoms. The van der Waals surface area contributed by atoms with Crippen LogP contribution in [0.15, 0.2) is 0 Å². The predicted molar refractivity (Wildman–Crippen MR) is 77.0 cm³/mol. The van der Waals surface area contributed by atoms with E-state index in [0.717, 1.165) is 0 Å². The summed E-state index contributed by atoms with van der Waals surface area (Å²) in [5.41, 5.74) is -1.64. The lowest BCUT2D eigenvalue weighted by atomic mass is 10.2. The quantitative estimate of drug-likeness (QED) is 0.504. The van der Waals surface area contributed by atoms with E-state index >= 15 is 0 Å². The largest absolute Gasteiger partial charge is 0.469 e. The minimum atomic E-state index is -4.79. The van der Waals surface area contributed by atoms with Crippen molar-refractivity contribution in [3.63, 3.8) is 0 Å². The molecule has 0 saturated heterocycles. The zero-order chi connectivity index (χ0) is 17.8. The number of hydrogen-bond acceptors (Lipinski definition) is 6. The molecule has 10 heteroatoms. The summed E-state index contributed by atoms with van der Waals surface area (Å²) in [6.07, 6.45) is -0.933. The summed E-state index contributed by atoms with van der Waals surface area (Å²) >= 11 is 0. The van der Waals surface area contributed by atoms with Crippen LogP contribution in [0.4, 0.5) is 4.79 Å². The maximum absolute atomic E-state index is 12.0. The zero-order valence-corrected chi connectivity index (χ0v) is 14.5. The average Bonchev–Trinajstić information content (AvgIpc) is 2.17. The Labute approximate surface area is 129 Å². The first-order valence-electron chi connectivity index (χ1n) is 6.51. The van der Waals surface area contributed by atoms with Crippen LogP contribution in [0.3, 0.4) is 0 Å². The van der Waals surface area contributed by atoms with Gasteiger partial charge in [-0.1, -0.05) is 0 Å². The molecule has 0 radical (unpaired) electrons. The molecule has 3 N–H and O–H groups in total. The van der Waals surface area contributed by atoms with Gasteiger partial charge in [-0.15, -0.1) is 0 Å². The molecule has 0 spiro atoms. The Hall–Kier alpha value is -1.15. The van der Waals surface area contributed by atoms with Crippen LogP contribution in [0.1, 0.15) is 41.5 Å². The molecular weight excluding hydrogens is 317 g/mol. The number of alkyl carbamates (subject to hydrolysis) is 1. The van der Waals surface area contributed by atoms with Gasteiger partial charge in [0.25, 0.3) is 0 Å². The van der Waals surface area contributed by atoms with Crippen molar-refractivity contribution in [2.75, 3.05) is 6.61 Å². The molecule has 9 nitrogen and oxygen atoms in total. The molecule has 130 valence electrons. The zero-order valence-electron chi connectivity index (χ0n) is 13.6. The monoisotopic (exact) mass is 341 g/mol. The third kappa shape index (κ3) is 11.5. The van der Waals surface area contributed by atoms with Crippen molar-refractivity contribution >= 4 is 19.9 Å². The highest BCUT2D eigenvalue weighted by Gasteiger charge is 2.31. The van der Waals surface area contributed by atoms with Gasteiger partial charge in [0, 0.05) is 0 Å². The second kappa shape index (κ2) is 7.41. The molecule has 0 saturated carbocycles. The van der Waals surface area contributed by atoms with Crippen LogP contribution in [-0.2, 0) is 23.4 Å². The first kappa shape index (κ1) is 20.9. The van der Waals surface area contributed by atoms with Crippen LogP contribution in [-0.4, -0.2) is 45.7 Å². The van der Waals surface area contributed by atoms with Crippen LogP contribution < -0.4 is 5.32 Å². The third-order valence-electron chi connectivity index (χ3n) is 1.79.